The molecule has 0 radical (unpaired) electrons. The van der Waals surface area contributed by atoms with Crippen LogP contribution in [-0.4, -0.2) is 36.4 Å². The number of amides is 2. The number of carbonyl (C=O) groups excluding carboxylic acids is 2. The fourth-order valence-corrected chi connectivity index (χ4v) is 1.81. The van der Waals surface area contributed by atoms with Crippen molar-refractivity contribution in [3.8, 4) is 5.75 Å². The quantitative estimate of drug-likeness (QED) is 0.836. The fourth-order valence-electron chi connectivity index (χ4n) is 1.81. The Morgan fingerprint density at radius 1 is 1.32 bits per heavy atom. The zero-order valence-electron chi connectivity index (χ0n) is 11.0. The predicted molar refractivity (Wildman–Crippen MR) is 70.9 cm³/mol. The van der Waals surface area contributed by atoms with E-state index in [1.165, 1.54) is 0 Å². The molecule has 2 amide bonds. The summed E-state index contributed by atoms with van der Waals surface area (Å²) in [6.07, 6.45) is 2.58. The van der Waals surface area contributed by atoms with Gasteiger partial charge in [0.2, 0.25) is 11.8 Å². The van der Waals surface area contributed by atoms with E-state index in [-0.39, 0.29) is 5.91 Å². The van der Waals surface area contributed by atoms with Gasteiger partial charge in [0.15, 0.2) is 0 Å². The van der Waals surface area contributed by atoms with Gasteiger partial charge in [0.05, 0.1) is 13.0 Å². The summed E-state index contributed by atoms with van der Waals surface area (Å²) in [6.45, 7) is 0.339. The molecule has 1 aliphatic carbocycles. The van der Waals surface area contributed by atoms with Crippen molar-refractivity contribution in [2.24, 2.45) is 5.73 Å². The maximum Gasteiger partial charge on any atom is 0.248 e. The molecule has 0 atom stereocenters. The lowest BCUT2D eigenvalue weighted by molar-refractivity contribution is -0.130. The van der Waals surface area contributed by atoms with Gasteiger partial charge in [0.25, 0.3) is 0 Å². The molecule has 0 heterocycles. The zero-order chi connectivity index (χ0) is 13.8. The van der Waals surface area contributed by atoms with Gasteiger partial charge in [-0.15, -0.1) is 0 Å². The molecule has 1 aromatic rings. The molecule has 1 saturated carbocycles. The van der Waals surface area contributed by atoms with Crippen molar-refractivity contribution in [3.63, 3.8) is 0 Å². The number of primary amides is 1. The highest BCUT2D eigenvalue weighted by Crippen LogP contribution is 2.25. The third kappa shape index (κ3) is 3.71. The normalized spacial score (nSPS) is 13.9. The van der Waals surface area contributed by atoms with Gasteiger partial charge in [-0.3, -0.25) is 9.59 Å². The summed E-state index contributed by atoms with van der Waals surface area (Å²) >= 11 is 0. The van der Waals surface area contributed by atoms with Crippen molar-refractivity contribution in [2.45, 2.75) is 25.3 Å². The fraction of sp³-hybridized carbons (Fsp3) is 0.429. The highest BCUT2D eigenvalue weighted by atomic mass is 16.5. The van der Waals surface area contributed by atoms with Crippen molar-refractivity contribution in [2.75, 3.05) is 13.7 Å². The Morgan fingerprint density at radius 2 is 1.95 bits per heavy atom. The van der Waals surface area contributed by atoms with Crippen molar-refractivity contribution in [1.82, 2.24) is 4.90 Å². The van der Waals surface area contributed by atoms with Crippen LogP contribution in [-0.2, 0) is 4.79 Å². The van der Waals surface area contributed by atoms with Gasteiger partial charge < -0.3 is 15.4 Å². The van der Waals surface area contributed by atoms with Gasteiger partial charge in [0.1, 0.15) is 5.75 Å². The molecule has 0 bridgehead atoms. The number of hydrogen-bond donors (Lipinski definition) is 1. The number of nitrogens with zero attached hydrogens (tertiary/aromatic N) is 1. The molecule has 2 rings (SSSR count). The van der Waals surface area contributed by atoms with E-state index in [1.54, 1.807) is 29.2 Å². The second-order valence-electron chi connectivity index (χ2n) is 4.72. The molecular weight excluding hydrogens is 244 g/mol. The van der Waals surface area contributed by atoms with Crippen LogP contribution in [0.5, 0.6) is 5.75 Å². The van der Waals surface area contributed by atoms with E-state index in [4.69, 9.17) is 10.5 Å². The lowest BCUT2D eigenvalue weighted by atomic mass is 10.2. The van der Waals surface area contributed by atoms with E-state index in [2.05, 4.69) is 0 Å². The molecule has 0 saturated heterocycles. The molecule has 5 heteroatoms. The number of nitrogens with two attached hydrogens (primary N) is 1. The van der Waals surface area contributed by atoms with Crippen LogP contribution in [0.15, 0.2) is 24.3 Å². The van der Waals surface area contributed by atoms with E-state index < -0.39 is 5.91 Å². The average Bonchev–Trinajstić information content (AvgIpc) is 3.22. The lowest BCUT2D eigenvalue weighted by Gasteiger charge is -2.16. The predicted octanol–water partition coefficient (Wildman–Crippen LogP) is 1.18. The summed E-state index contributed by atoms with van der Waals surface area (Å²) in [5.74, 6) is 0.274. The first-order valence-electron chi connectivity index (χ1n) is 6.36. The van der Waals surface area contributed by atoms with Gasteiger partial charge in [-0.1, -0.05) is 0 Å². The topological polar surface area (TPSA) is 72.6 Å². The van der Waals surface area contributed by atoms with Crippen molar-refractivity contribution >= 4 is 11.8 Å². The van der Waals surface area contributed by atoms with Crippen LogP contribution in [0.25, 0.3) is 0 Å². The van der Waals surface area contributed by atoms with Crippen molar-refractivity contribution in [3.05, 3.63) is 29.8 Å². The number of hydrogen-bond acceptors (Lipinski definition) is 3. The number of rotatable bonds is 6. The minimum atomic E-state index is -0.465. The summed E-state index contributed by atoms with van der Waals surface area (Å²) in [4.78, 5) is 24.4. The maximum atomic E-state index is 11.7. The Morgan fingerprint density at radius 3 is 2.47 bits per heavy atom. The van der Waals surface area contributed by atoms with Gasteiger partial charge in [-0.25, -0.2) is 0 Å². The summed E-state index contributed by atoms with van der Waals surface area (Å²) in [7, 11) is 1.83. The Balaban J connectivity index is 1.75. The van der Waals surface area contributed by atoms with Crippen LogP contribution >= 0.6 is 0 Å². The highest BCUT2D eigenvalue weighted by Gasteiger charge is 2.29. The second-order valence-corrected chi connectivity index (χ2v) is 4.72. The molecule has 19 heavy (non-hydrogen) atoms. The molecule has 0 spiro atoms. The zero-order valence-corrected chi connectivity index (χ0v) is 11.0. The number of carbonyl (C=O) groups is 2. The molecule has 1 aromatic carbocycles. The van der Waals surface area contributed by atoms with Crippen LogP contribution in [0.4, 0.5) is 0 Å². The first-order chi connectivity index (χ1) is 9.08. The van der Waals surface area contributed by atoms with Gasteiger partial charge in [0, 0.05) is 18.7 Å². The number of ether oxygens (including phenoxy) is 1. The average molecular weight is 262 g/mol. The lowest BCUT2D eigenvalue weighted by Crippen LogP contribution is -2.29. The van der Waals surface area contributed by atoms with Crippen LogP contribution < -0.4 is 10.5 Å². The minimum absolute atomic E-state index is 0.108. The Labute approximate surface area is 112 Å². The molecule has 0 unspecified atom stereocenters. The Hall–Kier alpha value is -2.04. The van der Waals surface area contributed by atoms with Crippen molar-refractivity contribution < 1.29 is 14.3 Å². The summed E-state index contributed by atoms with van der Waals surface area (Å²) in [6, 6.07) is 7.00. The molecule has 2 N–H and O–H groups in total. The Bertz CT molecular complexity index is 466. The SMILES string of the molecule is CN(C(=O)CCOc1ccc(C(N)=O)cc1)C1CC1. The third-order valence-electron chi connectivity index (χ3n) is 3.21. The molecular formula is C14H18N2O3. The van der Waals surface area contributed by atoms with Crippen LogP contribution in [0, 0.1) is 0 Å². The summed E-state index contributed by atoms with van der Waals surface area (Å²) < 4.78 is 5.46. The first kappa shape index (κ1) is 13.4. The van der Waals surface area contributed by atoms with E-state index in [9.17, 15) is 9.59 Å². The minimum Gasteiger partial charge on any atom is -0.493 e. The standard InChI is InChI=1S/C14H18N2O3/c1-16(11-4-5-11)13(17)8-9-19-12-6-2-10(3-7-12)14(15)18/h2-3,6-7,11H,4-5,8-9H2,1H3,(H2,15,18). The molecule has 1 aliphatic rings. The monoisotopic (exact) mass is 262 g/mol. The van der Waals surface area contributed by atoms with Gasteiger partial charge >= 0.3 is 0 Å². The molecule has 0 aliphatic heterocycles. The van der Waals surface area contributed by atoms with Crippen LogP contribution in [0.1, 0.15) is 29.6 Å². The molecule has 102 valence electrons. The third-order valence-corrected chi connectivity index (χ3v) is 3.21. The van der Waals surface area contributed by atoms with E-state index >= 15 is 0 Å². The van der Waals surface area contributed by atoms with E-state index in [1.807, 2.05) is 7.05 Å². The Kier molecular flexibility index (Phi) is 4.04. The largest absolute Gasteiger partial charge is 0.493 e. The van der Waals surface area contributed by atoms with Gasteiger partial charge in [-0.2, -0.15) is 0 Å². The first-order valence-corrected chi connectivity index (χ1v) is 6.36. The van der Waals surface area contributed by atoms with E-state index in [0.29, 0.717) is 30.4 Å². The maximum absolute atomic E-state index is 11.7. The summed E-state index contributed by atoms with van der Waals surface area (Å²) in [5, 5.41) is 0. The highest BCUT2D eigenvalue weighted by molar-refractivity contribution is 5.92. The molecule has 1 fully saturated rings. The second kappa shape index (κ2) is 5.73. The van der Waals surface area contributed by atoms with Crippen LogP contribution in [0.3, 0.4) is 0 Å². The van der Waals surface area contributed by atoms with E-state index in [0.717, 1.165) is 12.8 Å². The van der Waals surface area contributed by atoms with Crippen LogP contribution in [0.2, 0.25) is 0 Å². The smallest absolute Gasteiger partial charge is 0.248 e. The van der Waals surface area contributed by atoms with Gasteiger partial charge in [-0.05, 0) is 37.1 Å². The number of benzene rings is 1. The molecule has 5 nitrogen and oxygen atoms in total. The van der Waals surface area contributed by atoms with Crippen molar-refractivity contribution in [1.29, 1.82) is 0 Å². The molecule has 0 aromatic heterocycles. The summed E-state index contributed by atoms with van der Waals surface area (Å²) in [5.41, 5.74) is 5.58.